The molecule has 0 aliphatic carbocycles. The fourth-order valence-electron chi connectivity index (χ4n) is 2.67. The second-order valence-electron chi connectivity index (χ2n) is 5.75. The van der Waals surface area contributed by atoms with Gasteiger partial charge < -0.3 is 5.32 Å². The summed E-state index contributed by atoms with van der Waals surface area (Å²) in [7, 11) is 0. The molecule has 1 aromatic heterocycles. The number of fused-ring (bicyclic) bond motifs is 1. The molecule has 1 atom stereocenters. The zero-order valence-electron chi connectivity index (χ0n) is 13.1. The predicted octanol–water partition coefficient (Wildman–Crippen LogP) is 4.13. The topological polar surface area (TPSA) is 46.9 Å². The van der Waals surface area contributed by atoms with Crippen LogP contribution in [0.3, 0.4) is 0 Å². The highest BCUT2D eigenvalue weighted by Crippen LogP contribution is 2.25. The molecule has 122 valence electrons. The molecule has 6 heteroatoms. The van der Waals surface area contributed by atoms with Gasteiger partial charge in [0.05, 0.1) is 29.1 Å². The van der Waals surface area contributed by atoms with Gasteiger partial charge in [-0.25, -0.2) is 4.98 Å². The SMILES string of the molecule is CCCCCC1NC(Cn2cnc3ccc(Cl)cc3c2=O)=CS1. The van der Waals surface area contributed by atoms with E-state index in [0.29, 0.717) is 27.8 Å². The van der Waals surface area contributed by atoms with Gasteiger partial charge in [0.2, 0.25) is 0 Å². The van der Waals surface area contributed by atoms with Gasteiger partial charge in [0.1, 0.15) is 0 Å². The first-order valence-electron chi connectivity index (χ1n) is 7.93. The van der Waals surface area contributed by atoms with Crippen LogP contribution in [-0.2, 0) is 6.54 Å². The number of nitrogens with one attached hydrogen (secondary N) is 1. The van der Waals surface area contributed by atoms with Crippen LogP contribution in [0.2, 0.25) is 5.02 Å². The zero-order valence-corrected chi connectivity index (χ0v) is 14.7. The highest BCUT2D eigenvalue weighted by Gasteiger charge is 2.17. The van der Waals surface area contributed by atoms with Crippen molar-refractivity contribution >= 4 is 34.3 Å². The number of benzene rings is 1. The number of halogens is 1. The summed E-state index contributed by atoms with van der Waals surface area (Å²) in [5.41, 5.74) is 1.69. The molecule has 1 aromatic carbocycles. The Balaban J connectivity index is 1.70. The maximum Gasteiger partial charge on any atom is 0.261 e. The van der Waals surface area contributed by atoms with Crippen molar-refractivity contribution in [1.82, 2.24) is 14.9 Å². The fourth-order valence-corrected chi connectivity index (χ4v) is 3.83. The molecule has 2 aromatic rings. The van der Waals surface area contributed by atoms with Crippen molar-refractivity contribution in [1.29, 1.82) is 0 Å². The highest BCUT2D eigenvalue weighted by atomic mass is 35.5. The Hall–Kier alpha value is -1.46. The summed E-state index contributed by atoms with van der Waals surface area (Å²) in [5, 5.41) is 7.15. The van der Waals surface area contributed by atoms with E-state index in [1.54, 1.807) is 40.9 Å². The first-order chi connectivity index (χ1) is 11.2. The number of thioether (sulfide) groups is 1. The van der Waals surface area contributed by atoms with Gasteiger partial charge in [-0.15, -0.1) is 11.8 Å². The van der Waals surface area contributed by atoms with Gasteiger partial charge in [0.15, 0.2) is 0 Å². The normalized spacial score (nSPS) is 17.3. The molecule has 3 rings (SSSR count). The Morgan fingerprint density at radius 2 is 2.26 bits per heavy atom. The quantitative estimate of drug-likeness (QED) is 0.796. The maximum absolute atomic E-state index is 12.6. The van der Waals surface area contributed by atoms with Crippen molar-refractivity contribution in [3.63, 3.8) is 0 Å². The monoisotopic (exact) mass is 349 g/mol. The van der Waals surface area contributed by atoms with Gasteiger partial charge in [-0.1, -0.05) is 37.8 Å². The van der Waals surface area contributed by atoms with E-state index < -0.39 is 0 Å². The van der Waals surface area contributed by atoms with E-state index in [1.165, 1.54) is 19.3 Å². The first-order valence-corrected chi connectivity index (χ1v) is 9.25. The molecule has 0 amide bonds. The zero-order chi connectivity index (χ0) is 16.2. The van der Waals surface area contributed by atoms with Crippen LogP contribution in [0.25, 0.3) is 10.9 Å². The Morgan fingerprint density at radius 1 is 1.39 bits per heavy atom. The molecule has 0 spiro atoms. The Bertz CT molecular complexity index is 787. The number of aromatic nitrogens is 2. The molecule has 0 saturated heterocycles. The molecule has 0 saturated carbocycles. The molecular weight excluding hydrogens is 330 g/mol. The van der Waals surface area contributed by atoms with Crippen LogP contribution in [0.5, 0.6) is 0 Å². The standard InChI is InChI=1S/C17H20ClN3OS/c1-2-3-4-5-16-20-13(10-23-16)9-21-11-19-15-7-6-12(18)8-14(15)17(21)22/h6-8,10-11,16,20H,2-5,9H2,1H3. The molecule has 1 unspecified atom stereocenters. The third kappa shape index (κ3) is 3.90. The van der Waals surface area contributed by atoms with E-state index in [1.807, 2.05) is 0 Å². The maximum atomic E-state index is 12.6. The van der Waals surface area contributed by atoms with Crippen molar-refractivity contribution in [2.75, 3.05) is 0 Å². The van der Waals surface area contributed by atoms with Crippen LogP contribution in [-0.4, -0.2) is 14.9 Å². The van der Waals surface area contributed by atoms with Gasteiger partial charge in [-0.2, -0.15) is 0 Å². The Labute approximate surface area is 144 Å². The van der Waals surface area contributed by atoms with E-state index in [9.17, 15) is 4.79 Å². The summed E-state index contributed by atoms with van der Waals surface area (Å²) < 4.78 is 1.63. The number of hydrogen-bond acceptors (Lipinski definition) is 4. The number of rotatable bonds is 6. The molecule has 1 N–H and O–H groups in total. The van der Waals surface area contributed by atoms with E-state index >= 15 is 0 Å². The van der Waals surface area contributed by atoms with Crippen molar-refractivity contribution in [2.45, 2.75) is 44.5 Å². The fraction of sp³-hybridized carbons (Fsp3) is 0.412. The minimum absolute atomic E-state index is 0.0559. The Morgan fingerprint density at radius 3 is 3.09 bits per heavy atom. The molecule has 1 aliphatic rings. The van der Waals surface area contributed by atoms with E-state index in [2.05, 4.69) is 22.6 Å². The largest absolute Gasteiger partial charge is 0.374 e. The number of hydrogen-bond donors (Lipinski definition) is 1. The first kappa shape index (κ1) is 16.4. The highest BCUT2D eigenvalue weighted by molar-refractivity contribution is 8.02. The van der Waals surface area contributed by atoms with Crippen molar-refractivity contribution in [2.24, 2.45) is 0 Å². The third-order valence-electron chi connectivity index (χ3n) is 3.92. The molecule has 0 fully saturated rings. The van der Waals surface area contributed by atoms with Crippen molar-refractivity contribution < 1.29 is 0 Å². The second-order valence-corrected chi connectivity index (χ2v) is 7.26. The van der Waals surface area contributed by atoms with Gasteiger partial charge in [-0.05, 0) is 30.0 Å². The van der Waals surface area contributed by atoms with Crippen molar-refractivity contribution in [3.8, 4) is 0 Å². The lowest BCUT2D eigenvalue weighted by atomic mass is 10.2. The summed E-state index contributed by atoms with van der Waals surface area (Å²) >= 11 is 7.79. The third-order valence-corrected chi connectivity index (χ3v) is 5.26. The minimum Gasteiger partial charge on any atom is -0.374 e. The Kier molecular flexibility index (Phi) is 5.28. The van der Waals surface area contributed by atoms with E-state index in [0.717, 1.165) is 12.1 Å². The number of nitrogens with zero attached hydrogens (tertiary/aromatic N) is 2. The van der Waals surface area contributed by atoms with Crippen molar-refractivity contribution in [3.05, 3.63) is 51.0 Å². The average Bonchev–Trinajstić information content (AvgIpc) is 2.98. The summed E-state index contributed by atoms with van der Waals surface area (Å²) in [5.74, 6) is 0. The lowest BCUT2D eigenvalue weighted by Gasteiger charge is -2.13. The van der Waals surface area contributed by atoms with Gasteiger partial charge >= 0.3 is 0 Å². The lowest BCUT2D eigenvalue weighted by Crippen LogP contribution is -2.27. The molecule has 1 aliphatic heterocycles. The number of allylic oxidation sites excluding steroid dienone is 1. The summed E-state index contributed by atoms with van der Waals surface area (Å²) in [6.07, 6.45) is 6.49. The van der Waals surface area contributed by atoms with Crippen LogP contribution >= 0.6 is 23.4 Å². The molecule has 4 nitrogen and oxygen atoms in total. The average molecular weight is 350 g/mol. The van der Waals surface area contributed by atoms with Gasteiger partial charge in [0.25, 0.3) is 5.56 Å². The van der Waals surface area contributed by atoms with Crippen LogP contribution in [0.15, 0.2) is 40.4 Å². The van der Waals surface area contributed by atoms with Gasteiger partial charge in [-0.3, -0.25) is 9.36 Å². The smallest absolute Gasteiger partial charge is 0.261 e. The van der Waals surface area contributed by atoms with Crippen LogP contribution in [0.1, 0.15) is 32.6 Å². The number of unbranched alkanes of at least 4 members (excludes halogenated alkanes) is 2. The molecule has 23 heavy (non-hydrogen) atoms. The summed E-state index contributed by atoms with van der Waals surface area (Å²) in [6.45, 7) is 2.73. The minimum atomic E-state index is -0.0559. The molecule has 2 heterocycles. The summed E-state index contributed by atoms with van der Waals surface area (Å²) in [6, 6.07) is 5.21. The summed E-state index contributed by atoms with van der Waals surface area (Å²) in [4.78, 5) is 16.9. The second kappa shape index (κ2) is 7.41. The van der Waals surface area contributed by atoms with Crippen LogP contribution in [0, 0.1) is 0 Å². The van der Waals surface area contributed by atoms with Crippen LogP contribution < -0.4 is 10.9 Å². The predicted molar refractivity (Wildman–Crippen MR) is 97.8 cm³/mol. The van der Waals surface area contributed by atoms with E-state index in [-0.39, 0.29) is 5.56 Å². The molecular formula is C17H20ClN3OS. The molecule has 0 radical (unpaired) electrons. The molecule has 0 bridgehead atoms. The van der Waals surface area contributed by atoms with Crippen LogP contribution in [0.4, 0.5) is 0 Å². The van der Waals surface area contributed by atoms with E-state index in [4.69, 9.17) is 11.6 Å². The lowest BCUT2D eigenvalue weighted by molar-refractivity contribution is 0.589. The van der Waals surface area contributed by atoms with Gasteiger partial charge in [0, 0.05) is 10.7 Å².